The lowest BCUT2D eigenvalue weighted by atomic mass is 9.78. The number of rotatable bonds is 2. The minimum absolute atomic E-state index is 0.116. The molecule has 3 nitrogen and oxygen atoms in total. The Morgan fingerprint density at radius 3 is 2.50 bits per heavy atom. The first kappa shape index (κ1) is 11.9. The lowest BCUT2D eigenvalue weighted by Crippen LogP contribution is -2.39. The third-order valence-electron chi connectivity index (χ3n) is 4.66. The molecule has 3 heteroatoms. The zero-order valence-electron chi connectivity index (χ0n) is 10.4. The number of carboxylic acid groups (broad SMARTS) is 1. The van der Waals surface area contributed by atoms with E-state index in [4.69, 9.17) is 5.11 Å². The van der Waals surface area contributed by atoms with Gasteiger partial charge in [0, 0.05) is 12.6 Å². The van der Waals surface area contributed by atoms with Gasteiger partial charge >= 0.3 is 5.97 Å². The van der Waals surface area contributed by atoms with Crippen molar-refractivity contribution >= 4 is 5.97 Å². The predicted molar refractivity (Wildman–Crippen MR) is 63.3 cm³/mol. The van der Waals surface area contributed by atoms with E-state index in [0.29, 0.717) is 6.04 Å². The molecule has 2 rings (SSSR count). The van der Waals surface area contributed by atoms with Crippen LogP contribution in [0.5, 0.6) is 0 Å². The maximum absolute atomic E-state index is 10.9. The van der Waals surface area contributed by atoms with Gasteiger partial charge in [0.2, 0.25) is 0 Å². The predicted octanol–water partition coefficient (Wildman–Crippen LogP) is 2.22. The number of carbonyl (C=O) groups is 1. The van der Waals surface area contributed by atoms with Crippen molar-refractivity contribution in [1.82, 2.24) is 4.90 Å². The van der Waals surface area contributed by atoms with Gasteiger partial charge in [-0.25, -0.2) is 0 Å². The van der Waals surface area contributed by atoms with Crippen molar-refractivity contribution in [3.63, 3.8) is 0 Å². The Morgan fingerprint density at radius 2 is 1.94 bits per heavy atom. The monoisotopic (exact) mass is 225 g/mol. The highest BCUT2D eigenvalue weighted by Gasteiger charge is 2.35. The molecule has 16 heavy (non-hydrogen) atoms. The maximum atomic E-state index is 10.9. The molecule has 0 aromatic heterocycles. The Balaban J connectivity index is 1.88. The Labute approximate surface area is 97.8 Å². The lowest BCUT2D eigenvalue weighted by molar-refractivity contribution is -0.141. The van der Waals surface area contributed by atoms with E-state index >= 15 is 0 Å². The van der Waals surface area contributed by atoms with Crippen molar-refractivity contribution in [2.24, 2.45) is 17.8 Å². The molecule has 1 aliphatic carbocycles. The largest absolute Gasteiger partial charge is 0.481 e. The van der Waals surface area contributed by atoms with E-state index in [1.807, 2.05) is 0 Å². The van der Waals surface area contributed by atoms with E-state index in [1.54, 1.807) is 0 Å². The molecule has 1 saturated carbocycles. The molecule has 0 aromatic rings. The number of aliphatic carboxylic acids is 1. The van der Waals surface area contributed by atoms with E-state index in [1.165, 1.54) is 19.3 Å². The van der Waals surface area contributed by atoms with E-state index in [2.05, 4.69) is 18.7 Å². The molecule has 0 radical (unpaired) electrons. The smallest absolute Gasteiger partial charge is 0.307 e. The van der Waals surface area contributed by atoms with Gasteiger partial charge in [0.1, 0.15) is 0 Å². The Bertz CT molecular complexity index is 267. The summed E-state index contributed by atoms with van der Waals surface area (Å²) in [6.07, 6.45) is 4.67. The lowest BCUT2D eigenvalue weighted by Gasteiger charge is -2.37. The third-order valence-corrected chi connectivity index (χ3v) is 4.66. The SMILES string of the molecule is CC1CCC(N2CCC(C(=O)O)C2)CC1C. The molecule has 0 spiro atoms. The number of hydrogen-bond donors (Lipinski definition) is 1. The normalized spacial score (nSPS) is 41.1. The second kappa shape index (κ2) is 4.74. The molecular weight excluding hydrogens is 202 g/mol. The molecule has 0 bridgehead atoms. The molecule has 0 amide bonds. The van der Waals surface area contributed by atoms with Gasteiger partial charge in [-0.1, -0.05) is 13.8 Å². The molecule has 0 aromatic carbocycles. The first-order chi connectivity index (χ1) is 7.58. The first-order valence-electron chi connectivity index (χ1n) is 6.54. The van der Waals surface area contributed by atoms with Crippen LogP contribution in [-0.2, 0) is 4.79 Å². The summed E-state index contributed by atoms with van der Waals surface area (Å²) in [5.74, 6) is 0.908. The second-order valence-corrected chi connectivity index (χ2v) is 5.74. The zero-order valence-corrected chi connectivity index (χ0v) is 10.4. The molecule has 1 aliphatic heterocycles. The quantitative estimate of drug-likeness (QED) is 0.783. The number of nitrogens with zero attached hydrogens (tertiary/aromatic N) is 1. The molecule has 2 aliphatic rings. The fourth-order valence-corrected chi connectivity index (χ4v) is 3.17. The molecule has 1 saturated heterocycles. The van der Waals surface area contributed by atoms with Crippen LogP contribution in [0.1, 0.15) is 39.5 Å². The second-order valence-electron chi connectivity index (χ2n) is 5.74. The standard InChI is InChI=1S/C13H23NO2/c1-9-3-4-12(7-10(9)2)14-6-5-11(8-14)13(15)16/h9-12H,3-8H2,1-2H3,(H,15,16). The maximum Gasteiger partial charge on any atom is 0.307 e. The fourth-order valence-electron chi connectivity index (χ4n) is 3.17. The average molecular weight is 225 g/mol. The number of likely N-dealkylation sites (tertiary alicyclic amines) is 1. The van der Waals surface area contributed by atoms with Gasteiger partial charge in [-0.3, -0.25) is 9.69 Å². The van der Waals surface area contributed by atoms with Crippen LogP contribution >= 0.6 is 0 Å². The minimum atomic E-state index is -0.611. The van der Waals surface area contributed by atoms with E-state index in [-0.39, 0.29) is 5.92 Å². The third kappa shape index (κ3) is 2.40. The summed E-state index contributed by atoms with van der Waals surface area (Å²) >= 11 is 0. The molecule has 92 valence electrons. The summed E-state index contributed by atoms with van der Waals surface area (Å²) < 4.78 is 0. The summed E-state index contributed by atoms with van der Waals surface area (Å²) in [5, 5.41) is 9.00. The summed E-state index contributed by atoms with van der Waals surface area (Å²) in [5.41, 5.74) is 0. The average Bonchev–Trinajstić information content (AvgIpc) is 2.71. The van der Waals surface area contributed by atoms with E-state index in [0.717, 1.165) is 31.3 Å². The van der Waals surface area contributed by atoms with Gasteiger partial charge in [0.05, 0.1) is 5.92 Å². The van der Waals surface area contributed by atoms with Crippen LogP contribution in [-0.4, -0.2) is 35.1 Å². The molecule has 4 atom stereocenters. The minimum Gasteiger partial charge on any atom is -0.481 e. The van der Waals surface area contributed by atoms with Gasteiger partial charge in [-0.2, -0.15) is 0 Å². The Hall–Kier alpha value is -0.570. The highest BCUT2D eigenvalue weighted by atomic mass is 16.4. The van der Waals surface area contributed by atoms with Gasteiger partial charge in [0.15, 0.2) is 0 Å². The van der Waals surface area contributed by atoms with Crippen LogP contribution in [0.4, 0.5) is 0 Å². The highest BCUT2D eigenvalue weighted by molar-refractivity contribution is 5.70. The van der Waals surface area contributed by atoms with Crippen LogP contribution in [0, 0.1) is 17.8 Å². The van der Waals surface area contributed by atoms with Gasteiger partial charge < -0.3 is 5.11 Å². The molecule has 4 unspecified atom stereocenters. The Kier molecular flexibility index (Phi) is 3.53. The number of hydrogen-bond acceptors (Lipinski definition) is 2. The zero-order chi connectivity index (χ0) is 11.7. The van der Waals surface area contributed by atoms with E-state index in [9.17, 15) is 4.79 Å². The molecule has 2 fully saturated rings. The van der Waals surface area contributed by atoms with E-state index < -0.39 is 5.97 Å². The van der Waals surface area contributed by atoms with Gasteiger partial charge in [-0.15, -0.1) is 0 Å². The van der Waals surface area contributed by atoms with Crippen molar-refractivity contribution in [2.75, 3.05) is 13.1 Å². The van der Waals surface area contributed by atoms with Gasteiger partial charge in [-0.05, 0) is 44.1 Å². The van der Waals surface area contributed by atoms with Crippen molar-refractivity contribution < 1.29 is 9.90 Å². The van der Waals surface area contributed by atoms with Crippen molar-refractivity contribution in [3.8, 4) is 0 Å². The highest BCUT2D eigenvalue weighted by Crippen LogP contribution is 2.34. The van der Waals surface area contributed by atoms with Crippen molar-refractivity contribution in [2.45, 2.75) is 45.6 Å². The van der Waals surface area contributed by atoms with Crippen LogP contribution in [0.15, 0.2) is 0 Å². The summed E-state index contributed by atoms with van der Waals surface area (Å²) in [7, 11) is 0. The van der Waals surface area contributed by atoms with Crippen molar-refractivity contribution in [1.29, 1.82) is 0 Å². The molecular formula is C13H23NO2. The van der Waals surface area contributed by atoms with Crippen LogP contribution in [0.25, 0.3) is 0 Å². The fraction of sp³-hybridized carbons (Fsp3) is 0.923. The molecule has 1 N–H and O–H groups in total. The summed E-state index contributed by atoms with van der Waals surface area (Å²) in [6, 6.07) is 0.649. The number of carboxylic acids is 1. The topological polar surface area (TPSA) is 40.5 Å². The first-order valence-corrected chi connectivity index (χ1v) is 6.54. The van der Waals surface area contributed by atoms with Crippen LogP contribution in [0.3, 0.4) is 0 Å². The van der Waals surface area contributed by atoms with Crippen LogP contribution in [0.2, 0.25) is 0 Å². The summed E-state index contributed by atoms with van der Waals surface area (Å²) in [6.45, 7) is 6.44. The van der Waals surface area contributed by atoms with Gasteiger partial charge in [0.25, 0.3) is 0 Å². The van der Waals surface area contributed by atoms with Crippen LogP contribution < -0.4 is 0 Å². The van der Waals surface area contributed by atoms with Crippen molar-refractivity contribution in [3.05, 3.63) is 0 Å². The summed E-state index contributed by atoms with van der Waals surface area (Å²) in [4.78, 5) is 13.3. The Morgan fingerprint density at radius 1 is 1.19 bits per heavy atom. The molecule has 1 heterocycles.